The second-order valence-corrected chi connectivity index (χ2v) is 5.50. The number of carbonyl (C=O) groups is 1. The van der Waals surface area contributed by atoms with E-state index in [0.717, 1.165) is 29.5 Å². The number of hydrogen-bond acceptors (Lipinski definition) is 3. The molecule has 1 atom stereocenters. The van der Waals surface area contributed by atoms with Crippen molar-refractivity contribution in [3.8, 4) is 0 Å². The summed E-state index contributed by atoms with van der Waals surface area (Å²) < 4.78 is 0. The molecule has 0 aliphatic carbocycles. The van der Waals surface area contributed by atoms with E-state index in [1.807, 2.05) is 63.5 Å². The third-order valence-corrected chi connectivity index (χ3v) is 3.45. The first kappa shape index (κ1) is 15.5. The molecule has 0 heterocycles. The van der Waals surface area contributed by atoms with Crippen LogP contribution < -0.4 is 10.6 Å². The molecule has 2 N–H and O–H groups in total. The van der Waals surface area contributed by atoms with Gasteiger partial charge in [-0.15, -0.1) is 0 Å². The molecule has 112 valence electrons. The van der Waals surface area contributed by atoms with Gasteiger partial charge < -0.3 is 15.5 Å². The first-order chi connectivity index (χ1) is 10.1. The van der Waals surface area contributed by atoms with Crippen molar-refractivity contribution in [2.75, 3.05) is 32.5 Å². The van der Waals surface area contributed by atoms with Gasteiger partial charge in [-0.05, 0) is 32.5 Å². The normalized spacial score (nSPS) is 12.6. The molecule has 2 aromatic carbocycles. The fourth-order valence-electron chi connectivity index (χ4n) is 2.17. The summed E-state index contributed by atoms with van der Waals surface area (Å²) in [6.45, 7) is 3.58. The third kappa shape index (κ3) is 4.28. The largest absolute Gasteiger partial charge is 0.324 e. The average Bonchev–Trinajstić information content (AvgIpc) is 2.47. The molecule has 0 spiro atoms. The lowest BCUT2D eigenvalue weighted by atomic mass is 10.1. The van der Waals surface area contributed by atoms with E-state index in [-0.39, 0.29) is 11.9 Å². The molecule has 1 amide bonds. The number of rotatable bonds is 6. The number of anilines is 1. The van der Waals surface area contributed by atoms with Gasteiger partial charge in [-0.25, -0.2) is 0 Å². The van der Waals surface area contributed by atoms with Crippen LogP contribution in [0.4, 0.5) is 5.69 Å². The quantitative estimate of drug-likeness (QED) is 0.856. The van der Waals surface area contributed by atoms with Crippen molar-refractivity contribution < 1.29 is 4.79 Å². The van der Waals surface area contributed by atoms with Gasteiger partial charge in [0.2, 0.25) is 5.91 Å². The van der Waals surface area contributed by atoms with Crippen molar-refractivity contribution >= 4 is 22.4 Å². The SMILES string of the molecule is C[C@@H](NCCN(C)C)C(=O)Nc1cccc2ccccc12. The zero-order valence-electron chi connectivity index (χ0n) is 12.9. The van der Waals surface area contributed by atoms with Gasteiger partial charge in [-0.1, -0.05) is 36.4 Å². The molecule has 4 nitrogen and oxygen atoms in total. The monoisotopic (exact) mass is 285 g/mol. The highest BCUT2D eigenvalue weighted by Crippen LogP contribution is 2.22. The van der Waals surface area contributed by atoms with Crippen LogP contribution in [0.2, 0.25) is 0 Å². The van der Waals surface area contributed by atoms with Gasteiger partial charge in [0, 0.05) is 24.2 Å². The van der Waals surface area contributed by atoms with Gasteiger partial charge in [0.15, 0.2) is 0 Å². The van der Waals surface area contributed by atoms with E-state index in [1.54, 1.807) is 0 Å². The van der Waals surface area contributed by atoms with Crippen LogP contribution in [0.15, 0.2) is 42.5 Å². The Morgan fingerprint density at radius 2 is 1.86 bits per heavy atom. The molecule has 2 rings (SSSR count). The maximum atomic E-state index is 12.2. The molecule has 2 aromatic rings. The molecule has 21 heavy (non-hydrogen) atoms. The van der Waals surface area contributed by atoms with Crippen molar-refractivity contribution in [1.82, 2.24) is 10.2 Å². The summed E-state index contributed by atoms with van der Waals surface area (Å²) in [6, 6.07) is 13.8. The lowest BCUT2D eigenvalue weighted by Gasteiger charge is -2.16. The molecule has 4 heteroatoms. The Morgan fingerprint density at radius 1 is 1.14 bits per heavy atom. The number of nitrogens with one attached hydrogen (secondary N) is 2. The van der Waals surface area contributed by atoms with Crippen LogP contribution in [0.5, 0.6) is 0 Å². The first-order valence-corrected chi connectivity index (χ1v) is 7.24. The fraction of sp³-hybridized carbons (Fsp3) is 0.353. The number of carbonyl (C=O) groups excluding carboxylic acids is 1. The van der Waals surface area contributed by atoms with Crippen LogP contribution in [0.3, 0.4) is 0 Å². The van der Waals surface area contributed by atoms with Crippen LogP contribution in [0, 0.1) is 0 Å². The standard InChI is InChI=1S/C17H23N3O/c1-13(18-11-12-20(2)3)17(21)19-16-10-6-8-14-7-4-5-9-15(14)16/h4-10,13,18H,11-12H2,1-3H3,(H,19,21)/t13-/m1/s1. The number of hydrogen-bond donors (Lipinski definition) is 2. The number of likely N-dealkylation sites (N-methyl/N-ethyl adjacent to an activating group) is 1. The highest BCUT2D eigenvalue weighted by atomic mass is 16.2. The smallest absolute Gasteiger partial charge is 0.241 e. The average molecular weight is 285 g/mol. The van der Waals surface area contributed by atoms with E-state index in [2.05, 4.69) is 15.5 Å². The van der Waals surface area contributed by atoms with Gasteiger partial charge in [0.05, 0.1) is 6.04 Å². The highest BCUT2D eigenvalue weighted by Gasteiger charge is 2.13. The predicted molar refractivity (Wildman–Crippen MR) is 88.6 cm³/mol. The van der Waals surface area contributed by atoms with Crippen LogP contribution in [-0.4, -0.2) is 44.0 Å². The topological polar surface area (TPSA) is 44.4 Å². The van der Waals surface area contributed by atoms with Crippen molar-refractivity contribution in [2.24, 2.45) is 0 Å². The fourth-order valence-corrected chi connectivity index (χ4v) is 2.17. The summed E-state index contributed by atoms with van der Waals surface area (Å²) in [7, 11) is 4.03. The van der Waals surface area contributed by atoms with Crippen molar-refractivity contribution in [1.29, 1.82) is 0 Å². The van der Waals surface area contributed by atoms with E-state index < -0.39 is 0 Å². The van der Waals surface area contributed by atoms with Crippen LogP contribution >= 0.6 is 0 Å². The number of fused-ring (bicyclic) bond motifs is 1. The maximum absolute atomic E-state index is 12.2. The second-order valence-electron chi connectivity index (χ2n) is 5.50. The number of nitrogens with zero attached hydrogens (tertiary/aromatic N) is 1. The van der Waals surface area contributed by atoms with Crippen molar-refractivity contribution in [2.45, 2.75) is 13.0 Å². The molecule has 0 fully saturated rings. The molecule has 0 aliphatic heterocycles. The minimum atomic E-state index is -0.219. The summed E-state index contributed by atoms with van der Waals surface area (Å²) in [4.78, 5) is 14.3. The van der Waals surface area contributed by atoms with E-state index in [9.17, 15) is 4.79 Å². The third-order valence-electron chi connectivity index (χ3n) is 3.45. The maximum Gasteiger partial charge on any atom is 0.241 e. The Labute approximate surface area is 126 Å². The van der Waals surface area contributed by atoms with E-state index in [4.69, 9.17) is 0 Å². The lowest BCUT2D eigenvalue weighted by molar-refractivity contribution is -0.117. The molecule has 0 saturated heterocycles. The Morgan fingerprint density at radius 3 is 2.62 bits per heavy atom. The Balaban J connectivity index is 2.01. The minimum Gasteiger partial charge on any atom is -0.324 e. The highest BCUT2D eigenvalue weighted by molar-refractivity contribution is 6.03. The molecule has 0 aliphatic rings. The van der Waals surface area contributed by atoms with Gasteiger partial charge in [0.1, 0.15) is 0 Å². The van der Waals surface area contributed by atoms with E-state index in [0.29, 0.717) is 0 Å². The first-order valence-electron chi connectivity index (χ1n) is 7.24. The Bertz CT molecular complexity index is 605. The summed E-state index contributed by atoms with van der Waals surface area (Å²) in [6.07, 6.45) is 0. The van der Waals surface area contributed by atoms with Gasteiger partial charge in [-0.2, -0.15) is 0 Å². The molecular formula is C17H23N3O. The summed E-state index contributed by atoms with van der Waals surface area (Å²) in [5.41, 5.74) is 0.861. The zero-order valence-corrected chi connectivity index (χ0v) is 12.9. The van der Waals surface area contributed by atoms with E-state index in [1.165, 1.54) is 0 Å². The zero-order chi connectivity index (χ0) is 15.2. The van der Waals surface area contributed by atoms with Gasteiger partial charge >= 0.3 is 0 Å². The molecule has 0 radical (unpaired) electrons. The van der Waals surface area contributed by atoms with Gasteiger partial charge in [-0.3, -0.25) is 4.79 Å². The number of benzene rings is 2. The molecule has 0 unspecified atom stereocenters. The van der Waals surface area contributed by atoms with E-state index >= 15 is 0 Å². The molecule has 0 bridgehead atoms. The summed E-state index contributed by atoms with van der Waals surface area (Å²) in [5.74, 6) is -0.00916. The summed E-state index contributed by atoms with van der Waals surface area (Å²) >= 11 is 0. The van der Waals surface area contributed by atoms with Crippen LogP contribution in [0.25, 0.3) is 10.8 Å². The Kier molecular flexibility index (Phi) is 5.31. The summed E-state index contributed by atoms with van der Waals surface area (Å²) in [5, 5.41) is 8.43. The predicted octanol–water partition coefficient (Wildman–Crippen LogP) is 2.32. The minimum absolute atomic E-state index is 0.00916. The molecule has 0 aromatic heterocycles. The van der Waals surface area contributed by atoms with Gasteiger partial charge in [0.25, 0.3) is 0 Å². The van der Waals surface area contributed by atoms with Crippen LogP contribution in [0.1, 0.15) is 6.92 Å². The Hall–Kier alpha value is -1.91. The lowest BCUT2D eigenvalue weighted by Crippen LogP contribution is -2.41. The molecular weight excluding hydrogens is 262 g/mol. The van der Waals surface area contributed by atoms with Crippen molar-refractivity contribution in [3.05, 3.63) is 42.5 Å². The van der Waals surface area contributed by atoms with Crippen molar-refractivity contribution in [3.63, 3.8) is 0 Å². The number of amides is 1. The second kappa shape index (κ2) is 7.20. The molecule has 0 saturated carbocycles. The van der Waals surface area contributed by atoms with Crippen LogP contribution in [-0.2, 0) is 4.79 Å².